The summed E-state index contributed by atoms with van der Waals surface area (Å²) in [5, 5.41) is 23.4. The van der Waals surface area contributed by atoms with Crippen LogP contribution in [0.4, 0.5) is 10.8 Å². The first-order valence-electron chi connectivity index (χ1n) is 9.45. The van der Waals surface area contributed by atoms with Gasteiger partial charge in [-0.15, -0.1) is 22.7 Å². The summed E-state index contributed by atoms with van der Waals surface area (Å²) in [6.07, 6.45) is 0.703. The first-order valence-corrected chi connectivity index (χ1v) is 11.6. The van der Waals surface area contributed by atoms with E-state index in [0.717, 1.165) is 32.5 Å². The Balaban J connectivity index is 1.51. The van der Waals surface area contributed by atoms with Crippen LogP contribution in [0.5, 0.6) is 0 Å². The summed E-state index contributed by atoms with van der Waals surface area (Å²) in [6.45, 7) is 0. The molecule has 0 radical (unpaired) electrons. The number of aromatic nitrogens is 1. The highest BCUT2D eigenvalue weighted by molar-refractivity contribution is 7.14. The zero-order chi connectivity index (χ0) is 21.4. The van der Waals surface area contributed by atoms with Crippen molar-refractivity contribution in [3.8, 4) is 11.3 Å². The number of thiophene rings is 1. The van der Waals surface area contributed by atoms with Crippen LogP contribution >= 0.6 is 34.3 Å². The minimum atomic E-state index is -0.386. The molecule has 1 unspecified atom stereocenters. The predicted octanol–water partition coefficient (Wildman–Crippen LogP) is 6.79. The minimum Gasteiger partial charge on any atom is -0.258 e. The largest absolute Gasteiger partial charge is 0.269 e. The number of non-ortho nitro benzene ring substituents is 1. The molecule has 9 heteroatoms. The maximum absolute atomic E-state index is 11.0. The number of thiazole rings is 1. The molecule has 31 heavy (non-hydrogen) atoms. The Hall–Kier alpha value is -3.07. The molecule has 0 amide bonds. The first kappa shape index (κ1) is 19.9. The fourth-order valence-corrected chi connectivity index (χ4v) is 5.16. The van der Waals surface area contributed by atoms with Crippen molar-refractivity contribution < 1.29 is 4.92 Å². The molecule has 3 heterocycles. The summed E-state index contributed by atoms with van der Waals surface area (Å²) in [6, 6.07) is 18.2. The highest BCUT2D eigenvalue weighted by Gasteiger charge is 2.32. The van der Waals surface area contributed by atoms with Crippen LogP contribution in [0.2, 0.25) is 5.02 Å². The number of nitro groups is 1. The van der Waals surface area contributed by atoms with Gasteiger partial charge in [-0.2, -0.15) is 5.10 Å². The molecule has 6 nitrogen and oxygen atoms in total. The molecule has 0 bridgehead atoms. The van der Waals surface area contributed by atoms with Crippen molar-refractivity contribution in [1.29, 1.82) is 0 Å². The number of anilines is 1. The molecule has 1 atom stereocenters. The van der Waals surface area contributed by atoms with E-state index < -0.39 is 0 Å². The Bertz CT molecular complexity index is 1250. The van der Waals surface area contributed by atoms with E-state index in [0.29, 0.717) is 11.4 Å². The molecule has 0 N–H and O–H groups in total. The number of hydrogen-bond donors (Lipinski definition) is 0. The molecule has 0 spiro atoms. The van der Waals surface area contributed by atoms with Crippen LogP contribution in [0.3, 0.4) is 0 Å². The van der Waals surface area contributed by atoms with Crippen molar-refractivity contribution in [2.75, 3.05) is 5.01 Å². The van der Waals surface area contributed by atoms with Crippen molar-refractivity contribution in [2.24, 2.45) is 5.10 Å². The molecule has 2 aromatic heterocycles. The van der Waals surface area contributed by atoms with E-state index in [2.05, 4.69) is 6.07 Å². The van der Waals surface area contributed by atoms with E-state index in [-0.39, 0.29) is 16.7 Å². The van der Waals surface area contributed by atoms with Crippen molar-refractivity contribution in [3.05, 3.63) is 97.0 Å². The standard InChI is InChI=1S/C22H15ClN4O2S2/c23-16-7-3-14(4-8-16)19-13-31-22(24-19)26-20(12-18(25-26)21-2-1-11-30-21)15-5-9-17(10-6-15)27(28)29/h1-11,13,20H,12H2. The van der Waals surface area contributed by atoms with Crippen LogP contribution in [0.1, 0.15) is 22.9 Å². The molecule has 1 aliphatic heterocycles. The molecule has 2 aromatic carbocycles. The van der Waals surface area contributed by atoms with E-state index >= 15 is 0 Å². The van der Waals surface area contributed by atoms with E-state index in [9.17, 15) is 10.1 Å². The lowest BCUT2D eigenvalue weighted by atomic mass is 10.0. The highest BCUT2D eigenvalue weighted by atomic mass is 35.5. The molecule has 0 saturated heterocycles. The van der Waals surface area contributed by atoms with E-state index in [1.54, 1.807) is 23.5 Å². The van der Waals surface area contributed by atoms with Gasteiger partial charge in [0.25, 0.3) is 5.69 Å². The van der Waals surface area contributed by atoms with Gasteiger partial charge in [-0.05, 0) is 29.1 Å². The Kier molecular flexibility index (Phi) is 5.27. The van der Waals surface area contributed by atoms with Crippen LogP contribution in [0, 0.1) is 10.1 Å². The molecule has 0 fully saturated rings. The summed E-state index contributed by atoms with van der Waals surface area (Å²) in [4.78, 5) is 16.6. The monoisotopic (exact) mass is 466 g/mol. The van der Waals surface area contributed by atoms with Crippen molar-refractivity contribution >= 4 is 50.8 Å². The quantitative estimate of drug-likeness (QED) is 0.240. The molecule has 0 saturated carbocycles. The first-order chi connectivity index (χ1) is 15.1. The lowest BCUT2D eigenvalue weighted by Gasteiger charge is -2.21. The number of hydrogen-bond acceptors (Lipinski definition) is 7. The Labute approximate surface area is 191 Å². The highest BCUT2D eigenvalue weighted by Crippen LogP contribution is 2.40. The third-order valence-corrected chi connectivity index (χ3v) is 7.03. The summed E-state index contributed by atoms with van der Waals surface area (Å²) < 4.78 is 0. The lowest BCUT2D eigenvalue weighted by Crippen LogP contribution is -2.18. The zero-order valence-corrected chi connectivity index (χ0v) is 18.4. The molecular formula is C22H15ClN4O2S2. The smallest absolute Gasteiger partial charge is 0.258 e. The van der Waals surface area contributed by atoms with Gasteiger partial charge in [-0.3, -0.25) is 10.1 Å². The lowest BCUT2D eigenvalue weighted by molar-refractivity contribution is -0.384. The van der Waals surface area contributed by atoms with Crippen LogP contribution in [-0.2, 0) is 0 Å². The van der Waals surface area contributed by atoms with E-state index in [4.69, 9.17) is 21.7 Å². The third kappa shape index (κ3) is 3.97. The topological polar surface area (TPSA) is 71.6 Å². The number of hydrazone groups is 1. The van der Waals surface area contributed by atoms with Gasteiger partial charge in [0.1, 0.15) is 0 Å². The summed E-state index contributed by atoms with van der Waals surface area (Å²) in [7, 11) is 0. The third-order valence-electron chi connectivity index (χ3n) is 5.03. The normalized spacial score (nSPS) is 15.8. The molecule has 154 valence electrons. The zero-order valence-electron chi connectivity index (χ0n) is 16.0. The Morgan fingerprint density at radius 1 is 1.06 bits per heavy atom. The summed E-state index contributed by atoms with van der Waals surface area (Å²) >= 11 is 9.18. The van der Waals surface area contributed by atoms with Gasteiger partial charge >= 0.3 is 0 Å². The van der Waals surface area contributed by atoms with Gasteiger partial charge in [0.05, 0.1) is 27.2 Å². The fraction of sp³-hybridized carbons (Fsp3) is 0.0909. The predicted molar refractivity (Wildman–Crippen MR) is 126 cm³/mol. The molecule has 1 aliphatic rings. The Morgan fingerprint density at radius 2 is 1.84 bits per heavy atom. The van der Waals surface area contributed by atoms with Gasteiger partial charge in [0.15, 0.2) is 0 Å². The minimum absolute atomic E-state index is 0.0759. The molecule has 0 aliphatic carbocycles. The van der Waals surface area contributed by atoms with Gasteiger partial charge < -0.3 is 0 Å². The number of benzene rings is 2. The average Bonchev–Trinajstić information content (AvgIpc) is 3.54. The van der Waals surface area contributed by atoms with Crippen molar-refractivity contribution in [1.82, 2.24) is 4.98 Å². The van der Waals surface area contributed by atoms with Crippen LogP contribution in [0.15, 0.2) is 76.5 Å². The van der Waals surface area contributed by atoms with Gasteiger partial charge in [0.2, 0.25) is 5.13 Å². The average molecular weight is 467 g/mol. The summed E-state index contributed by atoms with van der Waals surface area (Å²) in [5.74, 6) is 0. The number of nitro benzene ring substituents is 1. The van der Waals surface area contributed by atoms with Gasteiger partial charge in [0, 0.05) is 34.5 Å². The van der Waals surface area contributed by atoms with Crippen LogP contribution in [-0.4, -0.2) is 15.6 Å². The number of rotatable bonds is 5. The van der Waals surface area contributed by atoms with Crippen LogP contribution < -0.4 is 5.01 Å². The van der Waals surface area contributed by atoms with Crippen molar-refractivity contribution in [2.45, 2.75) is 12.5 Å². The molecule has 5 rings (SSSR count). The van der Waals surface area contributed by atoms with Gasteiger partial charge in [-0.25, -0.2) is 9.99 Å². The maximum atomic E-state index is 11.0. The van der Waals surface area contributed by atoms with Crippen LogP contribution in [0.25, 0.3) is 11.3 Å². The van der Waals surface area contributed by atoms with Gasteiger partial charge in [-0.1, -0.05) is 41.9 Å². The Morgan fingerprint density at radius 3 is 2.52 bits per heavy atom. The second kappa shape index (κ2) is 8.22. The molecular weight excluding hydrogens is 452 g/mol. The van der Waals surface area contributed by atoms with Crippen molar-refractivity contribution in [3.63, 3.8) is 0 Å². The number of halogens is 1. The second-order valence-electron chi connectivity index (χ2n) is 6.96. The van der Waals surface area contributed by atoms with E-state index in [1.165, 1.54) is 23.5 Å². The van der Waals surface area contributed by atoms with E-state index in [1.807, 2.05) is 46.1 Å². The SMILES string of the molecule is O=[N+]([O-])c1ccc(C2CC(c3cccs3)=NN2c2nc(-c3ccc(Cl)cc3)cs2)cc1. The molecule has 4 aromatic rings. The fourth-order valence-electron chi connectivity index (χ4n) is 3.48. The number of nitrogens with zero attached hydrogens (tertiary/aromatic N) is 4. The maximum Gasteiger partial charge on any atom is 0.269 e. The summed E-state index contributed by atoms with van der Waals surface area (Å²) in [5.41, 5.74) is 3.87. The second-order valence-corrected chi connectivity index (χ2v) is 9.18.